The van der Waals surface area contributed by atoms with Gasteiger partial charge >= 0.3 is 5.97 Å². The number of aromatic nitrogens is 1. The molecule has 0 saturated carbocycles. The Kier molecular flexibility index (Phi) is 9.25. The van der Waals surface area contributed by atoms with E-state index < -0.39 is 5.97 Å². The molecular formula is C16H20Cl2N2O3. The van der Waals surface area contributed by atoms with E-state index in [2.05, 4.69) is 4.98 Å². The summed E-state index contributed by atoms with van der Waals surface area (Å²) in [6, 6.07) is 11.2. The third-order valence-corrected chi connectivity index (χ3v) is 3.11. The number of halogens is 2. The van der Waals surface area contributed by atoms with Gasteiger partial charge in [-0.3, -0.25) is 4.98 Å². The molecule has 0 aliphatic heterocycles. The Hall–Kier alpha value is -1.82. The number of nitrogens with two attached hydrogens (primary N) is 1. The van der Waals surface area contributed by atoms with Crippen molar-refractivity contribution in [2.75, 3.05) is 6.61 Å². The molecular weight excluding hydrogens is 339 g/mol. The summed E-state index contributed by atoms with van der Waals surface area (Å²) in [7, 11) is 0. The van der Waals surface area contributed by atoms with Crippen molar-refractivity contribution < 1.29 is 14.6 Å². The number of aryl methyl sites for hydroxylation is 1. The number of benzene rings is 1. The molecule has 0 spiro atoms. The van der Waals surface area contributed by atoms with Gasteiger partial charge in [-0.1, -0.05) is 30.3 Å². The molecule has 0 saturated heterocycles. The first-order valence-electron chi connectivity index (χ1n) is 6.69. The van der Waals surface area contributed by atoms with E-state index in [1.807, 2.05) is 30.3 Å². The first-order valence-corrected chi connectivity index (χ1v) is 6.69. The topological polar surface area (TPSA) is 85.4 Å². The Morgan fingerprint density at radius 2 is 1.91 bits per heavy atom. The van der Waals surface area contributed by atoms with Gasteiger partial charge in [-0.15, -0.1) is 24.8 Å². The lowest BCUT2D eigenvalue weighted by atomic mass is 10.1. The Morgan fingerprint density at radius 1 is 1.26 bits per heavy atom. The summed E-state index contributed by atoms with van der Waals surface area (Å²) < 4.78 is 5.57. The molecule has 0 aliphatic carbocycles. The molecule has 5 nitrogen and oxygen atoms in total. The maximum absolute atomic E-state index is 11.2. The lowest BCUT2D eigenvalue weighted by molar-refractivity contribution is 0.0690. The third kappa shape index (κ3) is 6.06. The molecule has 7 heteroatoms. The van der Waals surface area contributed by atoms with Gasteiger partial charge in [0.15, 0.2) is 0 Å². The fourth-order valence-corrected chi connectivity index (χ4v) is 2.10. The van der Waals surface area contributed by atoms with Gasteiger partial charge in [-0.2, -0.15) is 0 Å². The van der Waals surface area contributed by atoms with Crippen molar-refractivity contribution in [2.24, 2.45) is 5.73 Å². The van der Waals surface area contributed by atoms with E-state index in [9.17, 15) is 9.90 Å². The Labute approximate surface area is 147 Å². The number of carbonyl (C=O) groups is 1. The van der Waals surface area contributed by atoms with Crippen LogP contribution >= 0.6 is 24.8 Å². The number of ether oxygens (including phenoxy) is 1. The highest BCUT2D eigenvalue weighted by atomic mass is 35.5. The molecule has 1 aromatic carbocycles. The second kappa shape index (κ2) is 10.0. The van der Waals surface area contributed by atoms with Gasteiger partial charge < -0.3 is 15.6 Å². The number of carboxylic acids is 1. The quantitative estimate of drug-likeness (QED) is 0.828. The summed E-state index contributed by atoms with van der Waals surface area (Å²) in [6.45, 7) is 1.89. The van der Waals surface area contributed by atoms with E-state index in [4.69, 9.17) is 10.5 Å². The van der Waals surface area contributed by atoms with Crippen LogP contribution in [0, 0.1) is 6.92 Å². The zero-order valence-corrected chi connectivity index (χ0v) is 14.3. The van der Waals surface area contributed by atoms with Crippen molar-refractivity contribution in [3.63, 3.8) is 0 Å². The maximum Gasteiger partial charge on any atom is 0.341 e. The van der Waals surface area contributed by atoms with E-state index in [0.717, 1.165) is 5.56 Å². The van der Waals surface area contributed by atoms with Crippen LogP contribution in [-0.2, 0) is 6.42 Å². The normalized spacial score (nSPS) is 10.9. The molecule has 0 fully saturated rings. The summed E-state index contributed by atoms with van der Waals surface area (Å²) >= 11 is 0. The summed E-state index contributed by atoms with van der Waals surface area (Å²) in [5.41, 5.74) is 7.67. The van der Waals surface area contributed by atoms with Gasteiger partial charge in [0, 0.05) is 12.2 Å². The minimum absolute atomic E-state index is 0. The molecule has 1 heterocycles. The summed E-state index contributed by atoms with van der Waals surface area (Å²) in [4.78, 5) is 15.2. The molecule has 23 heavy (non-hydrogen) atoms. The average Bonchev–Trinajstić information content (AvgIpc) is 2.45. The van der Waals surface area contributed by atoms with Crippen LogP contribution in [0.2, 0.25) is 0 Å². The van der Waals surface area contributed by atoms with Crippen molar-refractivity contribution in [1.82, 2.24) is 4.98 Å². The Bertz CT molecular complexity index is 624. The van der Waals surface area contributed by atoms with E-state index in [0.29, 0.717) is 17.9 Å². The molecule has 1 atom stereocenters. The molecule has 1 unspecified atom stereocenters. The maximum atomic E-state index is 11.2. The van der Waals surface area contributed by atoms with Crippen LogP contribution in [0.5, 0.6) is 5.75 Å². The molecule has 126 valence electrons. The monoisotopic (exact) mass is 358 g/mol. The van der Waals surface area contributed by atoms with Crippen molar-refractivity contribution in [1.29, 1.82) is 0 Å². The molecule has 2 rings (SSSR count). The van der Waals surface area contributed by atoms with Crippen molar-refractivity contribution in [3.8, 4) is 5.75 Å². The molecule has 0 amide bonds. The van der Waals surface area contributed by atoms with Gasteiger partial charge in [-0.05, 0) is 25.0 Å². The van der Waals surface area contributed by atoms with Crippen LogP contribution in [0.15, 0.2) is 42.6 Å². The lowest BCUT2D eigenvalue weighted by Gasteiger charge is -2.15. The van der Waals surface area contributed by atoms with Crippen LogP contribution in [0.25, 0.3) is 0 Å². The van der Waals surface area contributed by atoms with E-state index in [1.54, 1.807) is 13.0 Å². The summed E-state index contributed by atoms with van der Waals surface area (Å²) in [5.74, 6) is -0.745. The Balaban J connectivity index is 0.00000242. The van der Waals surface area contributed by atoms with Crippen molar-refractivity contribution in [2.45, 2.75) is 19.4 Å². The van der Waals surface area contributed by atoms with Gasteiger partial charge in [-0.25, -0.2) is 4.79 Å². The highest BCUT2D eigenvalue weighted by molar-refractivity contribution is 5.91. The smallest absolute Gasteiger partial charge is 0.341 e. The largest absolute Gasteiger partial charge is 0.491 e. The fraction of sp³-hybridized carbons (Fsp3) is 0.250. The third-order valence-electron chi connectivity index (χ3n) is 3.11. The average molecular weight is 359 g/mol. The molecule has 0 aliphatic rings. The molecule has 1 aromatic heterocycles. The number of pyridine rings is 1. The van der Waals surface area contributed by atoms with Crippen molar-refractivity contribution in [3.05, 3.63) is 59.4 Å². The minimum Gasteiger partial charge on any atom is -0.491 e. The highest BCUT2D eigenvalue weighted by Gasteiger charge is 2.16. The van der Waals surface area contributed by atoms with E-state index in [-0.39, 0.29) is 43.0 Å². The van der Waals surface area contributed by atoms with Crippen LogP contribution in [0.4, 0.5) is 0 Å². The van der Waals surface area contributed by atoms with Gasteiger partial charge in [0.2, 0.25) is 0 Å². The number of nitrogens with zero attached hydrogens (tertiary/aromatic N) is 1. The number of carboxylic acid groups (broad SMARTS) is 1. The van der Waals surface area contributed by atoms with Crippen molar-refractivity contribution >= 4 is 30.8 Å². The number of rotatable bonds is 6. The first kappa shape index (κ1) is 21.2. The SMILES string of the molecule is Cc1nccc(OCC(N)Cc2ccccc2)c1C(=O)O.Cl.Cl. The van der Waals surface area contributed by atoms with E-state index in [1.165, 1.54) is 6.20 Å². The Morgan fingerprint density at radius 3 is 2.52 bits per heavy atom. The molecule has 2 aromatic rings. The summed E-state index contributed by atoms with van der Waals surface area (Å²) in [6.07, 6.45) is 2.20. The highest BCUT2D eigenvalue weighted by Crippen LogP contribution is 2.20. The molecule has 3 N–H and O–H groups in total. The first-order chi connectivity index (χ1) is 10.1. The van der Waals surface area contributed by atoms with Crippen LogP contribution in [0.3, 0.4) is 0 Å². The van der Waals surface area contributed by atoms with Crippen LogP contribution in [0.1, 0.15) is 21.6 Å². The second-order valence-corrected chi connectivity index (χ2v) is 4.84. The number of hydrogen-bond donors (Lipinski definition) is 2. The predicted molar refractivity (Wildman–Crippen MR) is 94.0 cm³/mol. The second-order valence-electron chi connectivity index (χ2n) is 4.84. The van der Waals surface area contributed by atoms with Crippen LogP contribution < -0.4 is 10.5 Å². The minimum atomic E-state index is -1.05. The summed E-state index contributed by atoms with van der Waals surface area (Å²) in [5, 5.41) is 9.20. The number of hydrogen-bond acceptors (Lipinski definition) is 4. The fourth-order valence-electron chi connectivity index (χ4n) is 2.10. The standard InChI is InChI=1S/C16H18N2O3.2ClH/c1-11-15(16(19)20)14(7-8-18-11)21-10-13(17)9-12-5-3-2-4-6-12;;/h2-8,13H,9-10,17H2,1H3,(H,19,20);2*1H. The molecule has 0 bridgehead atoms. The molecule has 0 radical (unpaired) electrons. The van der Waals surface area contributed by atoms with Gasteiger partial charge in [0.1, 0.15) is 17.9 Å². The predicted octanol–water partition coefficient (Wildman–Crippen LogP) is 2.88. The van der Waals surface area contributed by atoms with Gasteiger partial charge in [0.05, 0.1) is 5.69 Å². The zero-order valence-electron chi connectivity index (χ0n) is 12.6. The number of aromatic carboxylic acids is 1. The van der Waals surface area contributed by atoms with Gasteiger partial charge in [0.25, 0.3) is 0 Å². The lowest BCUT2D eigenvalue weighted by Crippen LogP contribution is -2.30. The van der Waals surface area contributed by atoms with Crippen LogP contribution in [-0.4, -0.2) is 28.7 Å². The van der Waals surface area contributed by atoms with E-state index >= 15 is 0 Å². The zero-order chi connectivity index (χ0) is 15.2.